The maximum Gasteiger partial charge on any atom is 0.297 e. The fourth-order valence-corrected chi connectivity index (χ4v) is 4.08. The molecule has 3 heterocycles. The number of para-hydroxylation sites is 1. The van der Waals surface area contributed by atoms with E-state index in [1.165, 1.54) is 28.6 Å². The van der Waals surface area contributed by atoms with Gasteiger partial charge in [-0.05, 0) is 53.7 Å². The van der Waals surface area contributed by atoms with Crippen LogP contribution in [0.15, 0.2) is 69.1 Å². The maximum absolute atomic E-state index is 13.3. The lowest BCUT2D eigenvalue weighted by Crippen LogP contribution is -2.22. The van der Waals surface area contributed by atoms with E-state index in [0.29, 0.717) is 33.8 Å². The molecule has 2 aromatic carbocycles. The fourth-order valence-electron chi connectivity index (χ4n) is 3.36. The van der Waals surface area contributed by atoms with E-state index in [4.69, 9.17) is 4.52 Å². The van der Waals surface area contributed by atoms with Crippen molar-refractivity contribution in [2.24, 2.45) is 7.05 Å². The predicted molar refractivity (Wildman–Crippen MR) is 118 cm³/mol. The number of nitrogens with zero attached hydrogens (tertiary/aromatic N) is 8. The largest absolute Gasteiger partial charge is 0.338 e. The zero-order valence-corrected chi connectivity index (χ0v) is 18.4. The number of thioether (sulfide) groups is 1. The van der Waals surface area contributed by atoms with Crippen LogP contribution in [-0.4, -0.2) is 39.7 Å². The predicted octanol–water partition coefficient (Wildman–Crippen LogP) is 2.94. The van der Waals surface area contributed by atoms with E-state index in [2.05, 4.69) is 25.7 Å². The molecule has 10 nitrogen and oxygen atoms in total. The van der Waals surface area contributed by atoms with Gasteiger partial charge in [-0.3, -0.25) is 9.48 Å². The Morgan fingerprint density at radius 3 is 2.61 bits per heavy atom. The van der Waals surface area contributed by atoms with Crippen molar-refractivity contribution in [1.82, 2.24) is 39.7 Å². The molecule has 0 aliphatic rings. The van der Waals surface area contributed by atoms with Crippen molar-refractivity contribution in [1.29, 1.82) is 0 Å². The second kappa shape index (κ2) is 8.47. The minimum Gasteiger partial charge on any atom is -0.338 e. The Bertz CT molecular complexity index is 1470. The van der Waals surface area contributed by atoms with Gasteiger partial charge in [-0.15, -0.1) is 5.10 Å². The highest BCUT2D eigenvalue weighted by Crippen LogP contribution is 2.24. The van der Waals surface area contributed by atoms with Crippen LogP contribution in [0.1, 0.15) is 11.6 Å². The van der Waals surface area contributed by atoms with E-state index in [1.807, 2.05) is 37.3 Å². The molecule has 0 aliphatic heterocycles. The van der Waals surface area contributed by atoms with E-state index < -0.39 is 0 Å². The summed E-state index contributed by atoms with van der Waals surface area (Å²) in [5.41, 5.74) is 2.19. The fraction of sp³-hybridized carbons (Fsp3) is 0.143. The Hall–Kier alpha value is -4.06. The van der Waals surface area contributed by atoms with Gasteiger partial charge < -0.3 is 4.52 Å². The third kappa shape index (κ3) is 3.84. The third-order valence-electron chi connectivity index (χ3n) is 5.07. The van der Waals surface area contributed by atoms with E-state index in [-0.39, 0.29) is 17.1 Å². The maximum atomic E-state index is 13.3. The molecule has 0 fully saturated rings. The van der Waals surface area contributed by atoms with Crippen molar-refractivity contribution < 1.29 is 8.91 Å². The average molecular weight is 464 g/mol. The van der Waals surface area contributed by atoms with Gasteiger partial charge in [0.15, 0.2) is 5.69 Å². The molecular weight excluding hydrogens is 447 g/mol. The topological polar surface area (TPSA) is 109 Å². The molecule has 5 rings (SSSR count). The monoisotopic (exact) mass is 464 g/mol. The summed E-state index contributed by atoms with van der Waals surface area (Å²) >= 11 is 1.25. The van der Waals surface area contributed by atoms with Gasteiger partial charge in [-0.1, -0.05) is 35.1 Å². The molecule has 0 saturated carbocycles. The first-order chi connectivity index (χ1) is 16.0. The van der Waals surface area contributed by atoms with Crippen LogP contribution < -0.4 is 5.56 Å². The number of aromatic nitrogens is 8. The summed E-state index contributed by atoms with van der Waals surface area (Å²) in [6.07, 6.45) is 0. The molecule has 0 radical (unpaired) electrons. The lowest BCUT2D eigenvalue weighted by Gasteiger charge is -2.07. The molecule has 0 aliphatic carbocycles. The smallest absolute Gasteiger partial charge is 0.297 e. The zero-order chi connectivity index (χ0) is 22.9. The number of rotatable bonds is 6. The second-order valence-electron chi connectivity index (χ2n) is 7.09. The van der Waals surface area contributed by atoms with E-state index in [1.54, 1.807) is 28.5 Å². The van der Waals surface area contributed by atoms with Gasteiger partial charge in [0.05, 0.1) is 17.1 Å². The highest BCUT2D eigenvalue weighted by molar-refractivity contribution is 7.98. The quantitative estimate of drug-likeness (QED) is 0.353. The van der Waals surface area contributed by atoms with Crippen LogP contribution in [0.25, 0.3) is 22.8 Å². The second-order valence-corrected chi connectivity index (χ2v) is 8.03. The summed E-state index contributed by atoms with van der Waals surface area (Å²) in [5, 5.41) is 16.2. The van der Waals surface area contributed by atoms with Crippen molar-refractivity contribution in [3.63, 3.8) is 0 Å². The summed E-state index contributed by atoms with van der Waals surface area (Å²) < 4.78 is 23.2. The Kier molecular flexibility index (Phi) is 5.34. The molecule has 33 heavy (non-hydrogen) atoms. The summed E-state index contributed by atoms with van der Waals surface area (Å²) in [7, 11) is 1.81. The summed E-state index contributed by atoms with van der Waals surface area (Å²) in [6, 6.07) is 15.2. The molecular formula is C21H17FN8O2S. The van der Waals surface area contributed by atoms with Crippen molar-refractivity contribution in [3.8, 4) is 22.8 Å². The number of tetrazole rings is 1. The standard InChI is InChI=1S/C21H17FN8O2S/c1-13-18(20(31)30(28(13)2)16-6-4-3-5-7-16)29-21(24-26-27-29)33-12-17-23-19(25-32-17)14-8-10-15(22)11-9-14/h3-11H,12H2,1-2H3. The molecule has 3 aromatic heterocycles. The SMILES string of the molecule is Cc1c(-n2nnnc2SCc2nc(-c3ccc(F)cc3)no2)c(=O)n(-c2ccccc2)n1C. The number of hydrogen-bond donors (Lipinski definition) is 0. The first-order valence-corrected chi connectivity index (χ1v) is 10.9. The molecule has 0 bridgehead atoms. The minimum atomic E-state index is -0.340. The summed E-state index contributed by atoms with van der Waals surface area (Å²) in [4.78, 5) is 17.6. The molecule has 0 unspecified atom stereocenters. The lowest BCUT2D eigenvalue weighted by molar-refractivity contribution is 0.391. The molecule has 166 valence electrons. The summed E-state index contributed by atoms with van der Waals surface area (Å²) in [5.74, 6) is 0.649. The normalized spacial score (nSPS) is 11.2. The van der Waals surface area contributed by atoms with Crippen molar-refractivity contribution in [3.05, 3.63) is 82.4 Å². The molecule has 0 amide bonds. The van der Waals surface area contributed by atoms with E-state index in [9.17, 15) is 9.18 Å². The highest BCUT2D eigenvalue weighted by Gasteiger charge is 2.22. The molecule has 0 N–H and O–H groups in total. The molecule has 5 aromatic rings. The molecule has 0 spiro atoms. The van der Waals surface area contributed by atoms with E-state index in [0.717, 1.165) is 5.69 Å². The van der Waals surface area contributed by atoms with Crippen molar-refractivity contribution in [2.75, 3.05) is 0 Å². The van der Waals surface area contributed by atoms with Crippen LogP contribution in [0.4, 0.5) is 4.39 Å². The van der Waals surface area contributed by atoms with Crippen LogP contribution in [0.2, 0.25) is 0 Å². The van der Waals surface area contributed by atoms with Crippen LogP contribution in [-0.2, 0) is 12.8 Å². The Balaban J connectivity index is 1.41. The third-order valence-corrected chi connectivity index (χ3v) is 5.98. The highest BCUT2D eigenvalue weighted by atomic mass is 32.2. The molecule has 0 atom stereocenters. The van der Waals surface area contributed by atoms with Crippen LogP contribution in [0.5, 0.6) is 0 Å². The Morgan fingerprint density at radius 2 is 1.85 bits per heavy atom. The molecule has 0 saturated heterocycles. The average Bonchev–Trinajstić information content (AvgIpc) is 3.53. The van der Waals surface area contributed by atoms with Gasteiger partial charge in [0, 0.05) is 12.6 Å². The lowest BCUT2D eigenvalue weighted by atomic mass is 10.2. The van der Waals surface area contributed by atoms with Crippen LogP contribution in [0.3, 0.4) is 0 Å². The van der Waals surface area contributed by atoms with Gasteiger partial charge in [0.1, 0.15) is 5.82 Å². The van der Waals surface area contributed by atoms with Gasteiger partial charge in [0.25, 0.3) is 5.56 Å². The van der Waals surface area contributed by atoms with Crippen LogP contribution >= 0.6 is 11.8 Å². The van der Waals surface area contributed by atoms with Gasteiger partial charge in [-0.2, -0.15) is 9.67 Å². The van der Waals surface area contributed by atoms with Crippen molar-refractivity contribution >= 4 is 11.8 Å². The Morgan fingerprint density at radius 1 is 1.09 bits per heavy atom. The van der Waals surface area contributed by atoms with Crippen molar-refractivity contribution in [2.45, 2.75) is 17.8 Å². The number of halogens is 1. The van der Waals surface area contributed by atoms with Gasteiger partial charge in [0.2, 0.25) is 16.9 Å². The Labute approximate surface area is 190 Å². The number of benzene rings is 2. The van der Waals surface area contributed by atoms with E-state index >= 15 is 0 Å². The number of hydrogen-bond acceptors (Lipinski definition) is 8. The first-order valence-electron chi connectivity index (χ1n) is 9.87. The summed E-state index contributed by atoms with van der Waals surface area (Å²) in [6.45, 7) is 1.83. The minimum absolute atomic E-state index is 0.244. The molecule has 12 heteroatoms. The van der Waals surface area contributed by atoms with Gasteiger partial charge >= 0.3 is 0 Å². The van der Waals surface area contributed by atoms with Gasteiger partial charge in [-0.25, -0.2) is 9.07 Å². The van der Waals surface area contributed by atoms with Crippen LogP contribution in [0, 0.1) is 12.7 Å². The first kappa shape index (κ1) is 20.8. The zero-order valence-electron chi connectivity index (χ0n) is 17.6.